The first-order chi connectivity index (χ1) is 6.16. The summed E-state index contributed by atoms with van der Waals surface area (Å²) < 4.78 is 0. The van der Waals surface area contributed by atoms with Gasteiger partial charge in [-0.2, -0.15) is 0 Å². The van der Waals surface area contributed by atoms with Crippen LogP contribution in [0.2, 0.25) is 0 Å². The predicted molar refractivity (Wildman–Crippen MR) is 48.4 cm³/mol. The molecule has 1 aromatic heterocycles. The number of hydrogen-bond donors (Lipinski definition) is 2. The second-order valence-electron chi connectivity index (χ2n) is 2.83. The number of aromatic nitrogens is 1. The molecule has 13 heavy (non-hydrogen) atoms. The fourth-order valence-corrected chi connectivity index (χ4v) is 1.19. The van der Waals surface area contributed by atoms with E-state index in [-0.39, 0.29) is 6.54 Å². The van der Waals surface area contributed by atoms with Gasteiger partial charge in [0, 0.05) is 12.7 Å². The van der Waals surface area contributed by atoms with Crippen LogP contribution in [0.15, 0.2) is 18.3 Å². The van der Waals surface area contributed by atoms with Crippen LogP contribution in [0.25, 0.3) is 0 Å². The number of rotatable bonds is 3. The van der Waals surface area contributed by atoms with E-state index in [1.165, 1.54) is 0 Å². The molecule has 0 aliphatic carbocycles. The van der Waals surface area contributed by atoms with E-state index >= 15 is 0 Å². The summed E-state index contributed by atoms with van der Waals surface area (Å²) in [5.41, 5.74) is 6.77. The van der Waals surface area contributed by atoms with Crippen molar-refractivity contribution in [3.63, 3.8) is 0 Å². The Balaban J connectivity index is 3.04. The van der Waals surface area contributed by atoms with Crippen molar-refractivity contribution in [1.82, 2.24) is 4.98 Å². The molecule has 0 aliphatic heterocycles. The Morgan fingerprint density at radius 1 is 1.77 bits per heavy atom. The quantitative estimate of drug-likeness (QED) is 0.710. The van der Waals surface area contributed by atoms with E-state index < -0.39 is 11.9 Å². The molecule has 0 spiro atoms. The molecular formula is C9H12N2O2. The highest BCUT2D eigenvalue weighted by molar-refractivity contribution is 5.76. The SMILES string of the molecule is Cc1cccnc1C(CN)C(=O)O. The summed E-state index contributed by atoms with van der Waals surface area (Å²) in [5.74, 6) is -1.62. The third-order valence-electron chi connectivity index (χ3n) is 1.91. The minimum absolute atomic E-state index is 0.0766. The molecule has 1 unspecified atom stereocenters. The first-order valence-corrected chi connectivity index (χ1v) is 4.01. The van der Waals surface area contributed by atoms with Gasteiger partial charge in [0.05, 0.1) is 5.69 Å². The molecule has 0 bridgehead atoms. The average Bonchev–Trinajstić information content (AvgIpc) is 2.09. The molecule has 1 rings (SSSR count). The lowest BCUT2D eigenvalue weighted by atomic mass is 10.0. The van der Waals surface area contributed by atoms with E-state index in [1.54, 1.807) is 12.3 Å². The lowest BCUT2D eigenvalue weighted by Crippen LogP contribution is -2.22. The van der Waals surface area contributed by atoms with Gasteiger partial charge in [-0.3, -0.25) is 9.78 Å². The Morgan fingerprint density at radius 2 is 2.46 bits per heavy atom. The Morgan fingerprint density at radius 3 is 2.92 bits per heavy atom. The van der Waals surface area contributed by atoms with Crippen LogP contribution in [0.4, 0.5) is 0 Å². The van der Waals surface area contributed by atoms with E-state index in [2.05, 4.69) is 4.98 Å². The largest absolute Gasteiger partial charge is 0.481 e. The lowest BCUT2D eigenvalue weighted by molar-refractivity contribution is -0.138. The zero-order valence-electron chi connectivity index (χ0n) is 7.40. The van der Waals surface area contributed by atoms with Gasteiger partial charge in [-0.1, -0.05) is 6.07 Å². The topological polar surface area (TPSA) is 76.2 Å². The summed E-state index contributed by atoms with van der Waals surface area (Å²) >= 11 is 0. The van der Waals surface area contributed by atoms with Gasteiger partial charge in [0.25, 0.3) is 0 Å². The predicted octanol–water partition coefficient (Wildman–Crippen LogP) is 0.517. The van der Waals surface area contributed by atoms with Crippen molar-refractivity contribution >= 4 is 5.97 Å². The molecule has 1 atom stereocenters. The maximum absolute atomic E-state index is 10.8. The van der Waals surface area contributed by atoms with E-state index in [9.17, 15) is 4.79 Å². The average molecular weight is 180 g/mol. The lowest BCUT2D eigenvalue weighted by Gasteiger charge is -2.10. The van der Waals surface area contributed by atoms with Crippen molar-refractivity contribution < 1.29 is 9.90 Å². The van der Waals surface area contributed by atoms with Crippen LogP contribution in [0.3, 0.4) is 0 Å². The van der Waals surface area contributed by atoms with Crippen LogP contribution in [-0.4, -0.2) is 22.6 Å². The molecule has 0 saturated heterocycles. The molecule has 0 fully saturated rings. The molecule has 1 heterocycles. The molecule has 1 aromatic rings. The van der Waals surface area contributed by atoms with Gasteiger partial charge in [-0.15, -0.1) is 0 Å². The van der Waals surface area contributed by atoms with E-state index in [1.807, 2.05) is 13.0 Å². The molecule has 4 heteroatoms. The maximum Gasteiger partial charge on any atom is 0.313 e. The van der Waals surface area contributed by atoms with Crippen molar-refractivity contribution in [3.05, 3.63) is 29.6 Å². The van der Waals surface area contributed by atoms with Crippen LogP contribution in [0.1, 0.15) is 17.2 Å². The summed E-state index contributed by atoms with van der Waals surface area (Å²) in [6, 6.07) is 3.60. The van der Waals surface area contributed by atoms with E-state index in [0.29, 0.717) is 5.69 Å². The highest BCUT2D eigenvalue weighted by Crippen LogP contribution is 2.15. The van der Waals surface area contributed by atoms with Crippen LogP contribution in [-0.2, 0) is 4.79 Å². The van der Waals surface area contributed by atoms with Gasteiger partial charge >= 0.3 is 5.97 Å². The van der Waals surface area contributed by atoms with Gasteiger partial charge in [0.15, 0.2) is 0 Å². The summed E-state index contributed by atoms with van der Waals surface area (Å²) in [6.45, 7) is 1.90. The van der Waals surface area contributed by atoms with Crippen molar-refractivity contribution in [3.8, 4) is 0 Å². The second-order valence-corrected chi connectivity index (χ2v) is 2.83. The second kappa shape index (κ2) is 4.00. The van der Waals surface area contributed by atoms with Crippen molar-refractivity contribution in [2.75, 3.05) is 6.54 Å². The number of hydrogen-bond acceptors (Lipinski definition) is 3. The van der Waals surface area contributed by atoms with Crippen molar-refractivity contribution in [2.45, 2.75) is 12.8 Å². The molecule has 0 aliphatic rings. The number of aliphatic carboxylic acids is 1. The molecule has 0 saturated carbocycles. The monoisotopic (exact) mass is 180 g/mol. The molecule has 0 radical (unpaired) electrons. The van der Waals surface area contributed by atoms with Crippen LogP contribution >= 0.6 is 0 Å². The highest BCUT2D eigenvalue weighted by atomic mass is 16.4. The molecular weight excluding hydrogens is 168 g/mol. The zero-order chi connectivity index (χ0) is 9.84. The Kier molecular flexibility index (Phi) is 2.97. The summed E-state index contributed by atoms with van der Waals surface area (Å²) in [4.78, 5) is 14.8. The minimum Gasteiger partial charge on any atom is -0.481 e. The van der Waals surface area contributed by atoms with Crippen LogP contribution in [0.5, 0.6) is 0 Å². The molecule has 4 nitrogen and oxygen atoms in total. The zero-order valence-corrected chi connectivity index (χ0v) is 7.40. The van der Waals surface area contributed by atoms with Gasteiger partial charge in [-0.05, 0) is 18.6 Å². The van der Waals surface area contributed by atoms with Gasteiger partial charge < -0.3 is 10.8 Å². The van der Waals surface area contributed by atoms with Gasteiger partial charge in [-0.25, -0.2) is 0 Å². The van der Waals surface area contributed by atoms with Gasteiger partial charge in [0.1, 0.15) is 5.92 Å². The first-order valence-electron chi connectivity index (χ1n) is 4.01. The Labute approximate surface area is 76.4 Å². The number of carbonyl (C=O) groups is 1. The van der Waals surface area contributed by atoms with Crippen LogP contribution < -0.4 is 5.73 Å². The molecule has 0 aromatic carbocycles. The first kappa shape index (κ1) is 9.67. The number of carboxylic acids is 1. The number of nitrogens with two attached hydrogens (primary N) is 1. The molecule has 70 valence electrons. The van der Waals surface area contributed by atoms with E-state index in [0.717, 1.165) is 5.56 Å². The summed E-state index contributed by atoms with van der Waals surface area (Å²) in [7, 11) is 0. The Bertz CT molecular complexity index is 312. The number of aryl methyl sites for hydroxylation is 1. The highest BCUT2D eigenvalue weighted by Gasteiger charge is 2.20. The maximum atomic E-state index is 10.8. The van der Waals surface area contributed by atoms with Crippen LogP contribution in [0, 0.1) is 6.92 Å². The third-order valence-corrected chi connectivity index (χ3v) is 1.91. The number of carboxylic acid groups (broad SMARTS) is 1. The number of pyridine rings is 1. The summed E-state index contributed by atoms with van der Waals surface area (Å²) in [5, 5.41) is 8.83. The number of nitrogens with zero attached hydrogens (tertiary/aromatic N) is 1. The Hall–Kier alpha value is -1.42. The van der Waals surface area contributed by atoms with Crippen molar-refractivity contribution in [1.29, 1.82) is 0 Å². The minimum atomic E-state index is -0.927. The standard InChI is InChI=1S/C9H12N2O2/c1-6-3-2-4-11-8(6)7(5-10)9(12)13/h2-4,7H,5,10H2,1H3,(H,12,13). The van der Waals surface area contributed by atoms with Crippen molar-refractivity contribution in [2.24, 2.45) is 5.73 Å². The normalized spacial score (nSPS) is 12.5. The molecule has 0 amide bonds. The fourth-order valence-electron chi connectivity index (χ4n) is 1.19. The van der Waals surface area contributed by atoms with Gasteiger partial charge in [0.2, 0.25) is 0 Å². The molecule has 3 N–H and O–H groups in total. The summed E-state index contributed by atoms with van der Waals surface area (Å²) in [6.07, 6.45) is 1.58. The fraction of sp³-hybridized carbons (Fsp3) is 0.333. The third kappa shape index (κ3) is 2.03. The van der Waals surface area contributed by atoms with E-state index in [4.69, 9.17) is 10.8 Å². The smallest absolute Gasteiger partial charge is 0.313 e.